The van der Waals surface area contributed by atoms with E-state index in [-0.39, 0.29) is 0 Å². The maximum absolute atomic E-state index is 14.3. The van der Waals surface area contributed by atoms with Gasteiger partial charge in [0.25, 0.3) is 0 Å². The van der Waals surface area contributed by atoms with E-state index in [1.165, 1.54) is 13.2 Å². The molecule has 0 aliphatic carbocycles. The number of nitrogens with zero attached hydrogens (tertiary/aromatic N) is 3. The van der Waals surface area contributed by atoms with Gasteiger partial charge in [-0.15, -0.1) is 0 Å². The monoisotopic (exact) mass is 367 g/mol. The number of fused-ring (bicyclic) bond motifs is 1. The average Bonchev–Trinajstić information content (AvgIpc) is 3.25. The van der Waals surface area contributed by atoms with E-state index in [9.17, 15) is 4.39 Å². The maximum Gasteiger partial charge on any atom is 0.157 e. The van der Waals surface area contributed by atoms with Crippen LogP contribution in [0.5, 0.6) is 11.5 Å². The fraction of sp³-hybridized carbons (Fsp3) is 0.158. The highest BCUT2D eigenvalue weighted by molar-refractivity contribution is 5.81. The van der Waals surface area contributed by atoms with Crippen LogP contribution >= 0.6 is 0 Å². The van der Waals surface area contributed by atoms with Crippen LogP contribution in [0.15, 0.2) is 42.5 Å². The Hall–Kier alpha value is -3.55. The van der Waals surface area contributed by atoms with Crippen molar-refractivity contribution >= 4 is 16.9 Å². The summed E-state index contributed by atoms with van der Waals surface area (Å²) in [6.45, 7) is 0.485. The van der Waals surface area contributed by atoms with Crippen molar-refractivity contribution in [1.82, 2.24) is 19.7 Å². The first-order valence-electron chi connectivity index (χ1n) is 8.27. The highest BCUT2D eigenvalue weighted by Gasteiger charge is 2.16. The number of H-pyrrole nitrogens is 1. The number of nitrogen functional groups attached to an aromatic ring is 1. The van der Waals surface area contributed by atoms with Crippen LogP contribution in [0.1, 0.15) is 5.56 Å². The molecule has 0 amide bonds. The average molecular weight is 367 g/mol. The number of nitrogens with two attached hydrogens (primary N) is 1. The van der Waals surface area contributed by atoms with Crippen LogP contribution in [0.2, 0.25) is 0 Å². The van der Waals surface area contributed by atoms with Crippen molar-refractivity contribution in [2.45, 2.75) is 6.54 Å². The molecule has 0 unspecified atom stereocenters. The molecular weight excluding hydrogens is 349 g/mol. The Labute approximate surface area is 154 Å². The predicted molar refractivity (Wildman–Crippen MR) is 100 cm³/mol. The third-order valence-corrected chi connectivity index (χ3v) is 4.29. The molecule has 0 bridgehead atoms. The SMILES string of the molecule is COc1ccc(Cn2nc(N)cc2-c2nc3cc(OC)cc(F)c3[nH]2)cc1. The molecule has 3 N–H and O–H groups in total. The van der Waals surface area contributed by atoms with Gasteiger partial charge in [-0.2, -0.15) is 5.10 Å². The first-order chi connectivity index (χ1) is 13.1. The minimum Gasteiger partial charge on any atom is -0.497 e. The third-order valence-electron chi connectivity index (χ3n) is 4.29. The Morgan fingerprint density at radius 3 is 2.52 bits per heavy atom. The van der Waals surface area contributed by atoms with Gasteiger partial charge in [0, 0.05) is 18.2 Å². The molecule has 7 nitrogen and oxygen atoms in total. The molecule has 0 saturated carbocycles. The number of hydrogen-bond donors (Lipinski definition) is 2. The van der Waals surface area contributed by atoms with Crippen molar-refractivity contribution < 1.29 is 13.9 Å². The molecule has 0 radical (unpaired) electrons. The predicted octanol–water partition coefficient (Wildman–Crippen LogP) is 3.21. The van der Waals surface area contributed by atoms with E-state index in [2.05, 4.69) is 15.1 Å². The van der Waals surface area contributed by atoms with Crippen molar-refractivity contribution in [1.29, 1.82) is 0 Å². The summed E-state index contributed by atoms with van der Waals surface area (Å²) in [5, 5.41) is 4.34. The van der Waals surface area contributed by atoms with Gasteiger partial charge in [0.05, 0.1) is 26.3 Å². The number of halogens is 1. The Balaban J connectivity index is 1.73. The quantitative estimate of drug-likeness (QED) is 0.565. The number of rotatable bonds is 5. The van der Waals surface area contributed by atoms with Gasteiger partial charge in [-0.3, -0.25) is 4.68 Å². The molecule has 4 rings (SSSR count). The Bertz CT molecular complexity index is 1100. The van der Waals surface area contributed by atoms with E-state index in [0.717, 1.165) is 11.3 Å². The number of nitrogens with one attached hydrogen (secondary N) is 1. The lowest BCUT2D eigenvalue weighted by atomic mass is 10.2. The van der Waals surface area contributed by atoms with Crippen molar-refractivity contribution in [3.63, 3.8) is 0 Å². The van der Waals surface area contributed by atoms with Crippen LogP contribution in [0.4, 0.5) is 10.2 Å². The van der Waals surface area contributed by atoms with Crippen LogP contribution in [-0.4, -0.2) is 34.0 Å². The van der Waals surface area contributed by atoms with Gasteiger partial charge in [0.1, 0.15) is 28.5 Å². The fourth-order valence-corrected chi connectivity index (χ4v) is 2.94. The van der Waals surface area contributed by atoms with E-state index in [0.29, 0.717) is 40.7 Å². The second-order valence-corrected chi connectivity index (χ2v) is 6.05. The highest BCUT2D eigenvalue weighted by atomic mass is 19.1. The maximum atomic E-state index is 14.3. The van der Waals surface area contributed by atoms with Gasteiger partial charge in [-0.25, -0.2) is 9.37 Å². The molecule has 0 saturated heterocycles. The lowest BCUT2D eigenvalue weighted by Gasteiger charge is -2.06. The molecule has 27 heavy (non-hydrogen) atoms. The molecule has 2 aromatic carbocycles. The summed E-state index contributed by atoms with van der Waals surface area (Å²) < 4.78 is 26.3. The lowest BCUT2D eigenvalue weighted by Crippen LogP contribution is -2.05. The van der Waals surface area contributed by atoms with E-state index >= 15 is 0 Å². The third kappa shape index (κ3) is 3.17. The molecule has 2 heterocycles. The Morgan fingerprint density at radius 1 is 1.07 bits per heavy atom. The van der Waals surface area contributed by atoms with Crippen molar-refractivity contribution in [2.24, 2.45) is 0 Å². The van der Waals surface area contributed by atoms with Crippen molar-refractivity contribution in [3.05, 3.63) is 53.8 Å². The molecule has 0 aliphatic heterocycles. The van der Waals surface area contributed by atoms with Crippen LogP contribution in [0, 0.1) is 5.82 Å². The zero-order chi connectivity index (χ0) is 19.0. The van der Waals surface area contributed by atoms with Gasteiger partial charge in [-0.1, -0.05) is 12.1 Å². The summed E-state index contributed by atoms with van der Waals surface area (Å²) in [4.78, 5) is 7.49. The Morgan fingerprint density at radius 2 is 1.81 bits per heavy atom. The summed E-state index contributed by atoms with van der Waals surface area (Å²) >= 11 is 0. The number of aromatic amines is 1. The van der Waals surface area contributed by atoms with Gasteiger partial charge in [0.15, 0.2) is 11.6 Å². The molecule has 4 aromatic rings. The van der Waals surface area contributed by atoms with Gasteiger partial charge in [-0.05, 0) is 17.7 Å². The molecular formula is C19H18FN5O2. The summed E-state index contributed by atoms with van der Waals surface area (Å²) in [5.41, 5.74) is 8.36. The molecule has 0 fully saturated rings. The fourth-order valence-electron chi connectivity index (χ4n) is 2.94. The highest BCUT2D eigenvalue weighted by Crippen LogP contribution is 2.27. The van der Waals surface area contributed by atoms with Crippen LogP contribution in [0.3, 0.4) is 0 Å². The van der Waals surface area contributed by atoms with E-state index in [1.54, 1.807) is 23.9 Å². The number of anilines is 1. The van der Waals surface area contributed by atoms with Crippen LogP contribution in [-0.2, 0) is 6.54 Å². The zero-order valence-electron chi connectivity index (χ0n) is 14.9. The summed E-state index contributed by atoms with van der Waals surface area (Å²) in [6.07, 6.45) is 0. The van der Waals surface area contributed by atoms with Crippen molar-refractivity contribution in [3.8, 4) is 23.0 Å². The largest absolute Gasteiger partial charge is 0.497 e. The number of benzene rings is 2. The normalized spacial score (nSPS) is 11.1. The summed E-state index contributed by atoms with van der Waals surface area (Å²) in [6, 6.07) is 12.3. The van der Waals surface area contributed by atoms with Crippen LogP contribution in [0.25, 0.3) is 22.6 Å². The number of imidazole rings is 1. The van der Waals surface area contributed by atoms with Crippen LogP contribution < -0.4 is 15.2 Å². The molecule has 8 heteroatoms. The Kier molecular flexibility index (Phi) is 4.15. The van der Waals surface area contributed by atoms with Gasteiger partial charge < -0.3 is 20.2 Å². The van der Waals surface area contributed by atoms with E-state index in [1.807, 2.05) is 24.3 Å². The topological polar surface area (TPSA) is 91.0 Å². The summed E-state index contributed by atoms with van der Waals surface area (Å²) in [7, 11) is 3.11. The molecule has 138 valence electrons. The number of methoxy groups -OCH3 is 2. The minimum absolute atomic E-state index is 0.307. The number of aromatic nitrogens is 4. The first kappa shape index (κ1) is 16.9. The summed E-state index contributed by atoms with van der Waals surface area (Å²) in [5.74, 6) is 1.59. The molecule has 0 aliphatic rings. The first-order valence-corrected chi connectivity index (χ1v) is 8.27. The molecule has 2 aromatic heterocycles. The second-order valence-electron chi connectivity index (χ2n) is 6.05. The van der Waals surface area contributed by atoms with E-state index < -0.39 is 5.82 Å². The standard InChI is InChI=1S/C19H18FN5O2/c1-26-12-5-3-11(4-6-12)10-25-16(9-17(21)24-25)19-22-15-8-13(27-2)7-14(20)18(15)23-19/h3-9H,10H2,1-2H3,(H2,21,24)(H,22,23). The van der Waals surface area contributed by atoms with E-state index in [4.69, 9.17) is 15.2 Å². The number of hydrogen-bond acceptors (Lipinski definition) is 5. The molecule has 0 atom stereocenters. The molecule has 0 spiro atoms. The zero-order valence-corrected chi connectivity index (χ0v) is 14.9. The van der Waals surface area contributed by atoms with Gasteiger partial charge in [0.2, 0.25) is 0 Å². The minimum atomic E-state index is -0.433. The van der Waals surface area contributed by atoms with Crippen molar-refractivity contribution in [2.75, 3.05) is 20.0 Å². The number of ether oxygens (including phenoxy) is 2. The lowest BCUT2D eigenvalue weighted by molar-refractivity contribution is 0.412. The smallest absolute Gasteiger partial charge is 0.157 e. The van der Waals surface area contributed by atoms with Gasteiger partial charge >= 0.3 is 0 Å². The second kappa shape index (κ2) is 6.64.